The highest BCUT2D eigenvalue weighted by atomic mass is 35.5. The van der Waals surface area contributed by atoms with Crippen molar-refractivity contribution >= 4 is 139 Å². The Bertz CT molecular complexity index is 6540. The molecule has 0 aliphatic carbocycles. The molecule has 10 N–H and O–H groups in total. The molecule has 0 fully saturated rings. The molecule has 0 spiro atoms. The molecule has 0 atom stereocenters. The zero-order valence-electron chi connectivity index (χ0n) is 66.7. The summed E-state index contributed by atoms with van der Waals surface area (Å²) in [6.45, 7) is 4.80. The van der Waals surface area contributed by atoms with E-state index in [0.717, 1.165) is 40.3 Å². The number of anilines is 8. The number of benzene rings is 8. The van der Waals surface area contributed by atoms with Gasteiger partial charge in [0.25, 0.3) is 5.56 Å². The third-order valence-electron chi connectivity index (χ3n) is 18.2. The number of hydrogen-bond acceptors (Lipinski definition) is 23. The summed E-state index contributed by atoms with van der Waals surface area (Å²) in [6, 6.07) is 76.4. The number of aromatic nitrogens is 14. The number of nitrogens with one attached hydrogen (secondary N) is 10. The minimum Gasteiger partial charge on any atom is -0.370 e. The third-order valence-corrected chi connectivity index (χ3v) is 20.4. The fourth-order valence-electron chi connectivity index (χ4n) is 12.0. The van der Waals surface area contributed by atoms with Crippen LogP contribution in [0, 0.1) is 34.3 Å². The van der Waals surface area contributed by atoms with Crippen molar-refractivity contribution in [1.29, 1.82) is 10.5 Å². The number of hydrogen-bond donors (Lipinski definition) is 10. The summed E-state index contributed by atoms with van der Waals surface area (Å²) in [4.78, 5) is 56.4. The van der Waals surface area contributed by atoms with Gasteiger partial charge in [0.15, 0.2) is 23.3 Å². The molecule has 0 amide bonds. The van der Waals surface area contributed by atoms with E-state index in [9.17, 15) is 13.6 Å². The molecule has 0 saturated carbocycles. The Labute approximate surface area is 767 Å². The summed E-state index contributed by atoms with van der Waals surface area (Å²) in [7, 11) is 0. The first-order chi connectivity index (χ1) is 61.8. The highest BCUT2D eigenvalue weighted by Gasteiger charge is 2.20. The maximum absolute atomic E-state index is 14.5. The van der Waals surface area contributed by atoms with E-state index in [4.69, 9.17) is 113 Å². The Morgan fingerprint density at radius 2 is 0.654 bits per heavy atom. The number of pyridine rings is 2. The van der Waals surface area contributed by atoms with Gasteiger partial charge in [-0.15, -0.1) is 0 Å². The molecule has 0 aliphatic rings. The molecule has 8 aromatic heterocycles. The zero-order valence-corrected chi connectivity index (χ0v) is 72.8. The van der Waals surface area contributed by atoms with Crippen LogP contribution in [-0.4, -0.2) is 123 Å². The average molecular weight is 1850 g/mol. The second kappa shape index (κ2) is 45.6. The van der Waals surface area contributed by atoms with E-state index >= 15 is 0 Å². The van der Waals surface area contributed by atoms with Crippen LogP contribution < -0.4 is 48.1 Å². The van der Waals surface area contributed by atoms with Crippen molar-refractivity contribution in [1.82, 2.24) is 70.2 Å². The standard InChI is InChI=1S/C25H19Cl2FN6.C24H17Cl2FN6.C22H18Cl2N6O.C21H18Cl2N6/c26-17-7-8-18(20(27)12-17)25-33-22(19-4-1-2-5-21(19)28)13-24(34-25)31-11-3-10-30-23-9-6-16(14-29)15-32-23;25-16-6-7-17(19(26)11-16)24-32-21(18-3-1-2-4-20(18)27)12-23(33-24)30-10-9-29-22-8-5-15(13-28)14-31-22;23-15-6-7-16(17(24)12-15)22-27-18(14-4-2-1-3-5-14)13-20(28-22)26-11-10-25-19-8-9-21(31)30-29-19;22-15-6-7-16(17(23)12-15)21-27-18(14-4-2-1-3-5-14)13-20(28-21)25-11-10-24-19-8-9-26-29-19/h1-2,4-9,12-13,15H,3,10-11H2,(H,30,32)(H,31,33,34);1-8,11-12,14H,9-10H2,(H,29,31)(H,30,32,33);1-9,12-13H,10-11H2,(H,25,29)(H,30,31)(H,26,27,28);1-9,12-13H,10-11H2,(H2,24,26,29)(H,25,27,28). The number of nitrogens with zero attached hydrogens (tertiary/aromatic N) is 14. The molecule has 8 heterocycles. The van der Waals surface area contributed by atoms with Gasteiger partial charge in [0.1, 0.15) is 70.3 Å². The highest BCUT2D eigenvalue weighted by Crippen LogP contribution is 2.37. The first-order valence-corrected chi connectivity index (χ1v) is 42.0. The molecule has 16 rings (SSSR count). The Balaban J connectivity index is 0.000000145. The monoisotopic (exact) mass is 1850 g/mol. The van der Waals surface area contributed by atoms with Crippen molar-refractivity contribution in [3.05, 3.63) is 341 Å². The number of halogens is 10. The predicted molar refractivity (Wildman–Crippen MR) is 505 cm³/mol. The smallest absolute Gasteiger partial charge is 0.264 e. The highest BCUT2D eigenvalue weighted by molar-refractivity contribution is 6.38. The minimum absolute atomic E-state index is 0.244. The lowest BCUT2D eigenvalue weighted by molar-refractivity contribution is 0.630. The van der Waals surface area contributed by atoms with Crippen LogP contribution in [0.15, 0.2) is 272 Å². The molecule has 127 heavy (non-hydrogen) atoms. The average Bonchev–Trinajstić information content (AvgIpc) is 1.42. The lowest BCUT2D eigenvalue weighted by Crippen LogP contribution is -2.17. The molecule has 35 heteroatoms. The molecule has 636 valence electrons. The maximum atomic E-state index is 14.5. The molecular formula is C92H72Cl8F2N24O. The molecule has 0 radical (unpaired) electrons. The molecule has 0 unspecified atom stereocenters. The van der Waals surface area contributed by atoms with Gasteiger partial charge >= 0.3 is 0 Å². The Morgan fingerprint density at radius 3 is 1.00 bits per heavy atom. The Kier molecular flexibility index (Phi) is 32.6. The summed E-state index contributed by atoms with van der Waals surface area (Å²) in [5, 5.41) is 60.6. The Morgan fingerprint density at radius 1 is 0.315 bits per heavy atom. The van der Waals surface area contributed by atoms with Gasteiger partial charge in [-0.3, -0.25) is 9.89 Å². The normalized spacial score (nSPS) is 10.6. The maximum Gasteiger partial charge on any atom is 0.264 e. The number of rotatable bonds is 29. The fourth-order valence-corrected chi connectivity index (χ4v) is 14.0. The summed E-state index contributed by atoms with van der Waals surface area (Å²) in [5.74, 6) is 6.23. The van der Waals surface area contributed by atoms with E-state index in [0.29, 0.717) is 207 Å². The van der Waals surface area contributed by atoms with Gasteiger partial charge < -0.3 is 42.5 Å². The lowest BCUT2D eigenvalue weighted by Gasteiger charge is -2.12. The topological polar surface area (TPSA) is 347 Å². The third kappa shape index (κ3) is 26.5. The quantitative estimate of drug-likeness (QED) is 0.0195. The summed E-state index contributed by atoms with van der Waals surface area (Å²) in [6.07, 6.45) is 5.49. The van der Waals surface area contributed by atoms with Crippen LogP contribution in [0.4, 0.5) is 55.3 Å². The van der Waals surface area contributed by atoms with Gasteiger partial charge in [0, 0.05) is 160 Å². The van der Waals surface area contributed by atoms with Crippen molar-refractivity contribution in [3.8, 4) is 103 Å². The van der Waals surface area contributed by atoms with E-state index < -0.39 is 0 Å². The largest absolute Gasteiger partial charge is 0.370 e. The van der Waals surface area contributed by atoms with Crippen LogP contribution in [-0.2, 0) is 0 Å². The number of aromatic amines is 2. The van der Waals surface area contributed by atoms with Crippen molar-refractivity contribution in [2.45, 2.75) is 6.42 Å². The van der Waals surface area contributed by atoms with Gasteiger partial charge in [-0.05, 0) is 140 Å². The molecule has 8 aromatic carbocycles. The van der Waals surface area contributed by atoms with Crippen LogP contribution in [0.3, 0.4) is 0 Å². The van der Waals surface area contributed by atoms with E-state index in [2.05, 4.69) is 103 Å². The minimum atomic E-state index is -0.385. The lowest BCUT2D eigenvalue weighted by atomic mass is 10.1. The second-order valence-electron chi connectivity index (χ2n) is 27.2. The molecule has 25 nitrogen and oxygen atoms in total. The number of nitriles is 2. The van der Waals surface area contributed by atoms with Crippen molar-refractivity contribution in [2.24, 2.45) is 0 Å². The van der Waals surface area contributed by atoms with Gasteiger partial charge in [-0.25, -0.2) is 63.7 Å². The van der Waals surface area contributed by atoms with Crippen LogP contribution in [0.25, 0.3) is 90.6 Å². The number of H-pyrrole nitrogens is 2. The van der Waals surface area contributed by atoms with Crippen LogP contribution >= 0.6 is 92.8 Å². The van der Waals surface area contributed by atoms with Crippen LogP contribution in [0.2, 0.25) is 40.2 Å². The van der Waals surface area contributed by atoms with Gasteiger partial charge in [0.2, 0.25) is 0 Å². The second-order valence-corrected chi connectivity index (χ2v) is 30.5. The summed E-state index contributed by atoms with van der Waals surface area (Å²) >= 11 is 49.7. The SMILES string of the molecule is Clc1ccc(-c2nc(NCCNc3ccn[nH]3)cc(-c3ccccc3)n2)c(Cl)c1.N#Cc1ccc(NCCCNc2cc(-c3ccccc3F)nc(-c3ccc(Cl)cc3Cl)n2)nc1.N#Cc1ccc(NCCNc2cc(-c3ccccc3F)nc(-c3ccc(Cl)cc3Cl)n2)nc1.O=c1ccc(NCCNc2cc(-c3ccccc3)nc(-c3ccc(Cl)cc3Cl)n2)n[nH]1. The van der Waals surface area contributed by atoms with E-state index in [1.807, 2.05) is 103 Å². The summed E-state index contributed by atoms with van der Waals surface area (Å²) in [5.41, 5.74) is 8.51. The molecule has 0 saturated heterocycles. The molecule has 0 aliphatic heterocycles. The van der Waals surface area contributed by atoms with Crippen molar-refractivity contribution < 1.29 is 8.78 Å². The van der Waals surface area contributed by atoms with Gasteiger partial charge in [0.05, 0.1) is 60.2 Å². The molecule has 16 aromatic rings. The first-order valence-electron chi connectivity index (χ1n) is 39.0. The fraction of sp³-hybridized carbons (Fsp3) is 0.0978. The zero-order chi connectivity index (χ0) is 88.8. The Hall–Kier alpha value is -14.0. The van der Waals surface area contributed by atoms with Gasteiger partial charge in [-0.1, -0.05) is 178 Å². The van der Waals surface area contributed by atoms with Crippen molar-refractivity contribution in [2.75, 3.05) is 94.9 Å². The first kappa shape index (κ1) is 90.7. The van der Waals surface area contributed by atoms with E-state index in [1.54, 1.807) is 146 Å². The van der Waals surface area contributed by atoms with Crippen molar-refractivity contribution in [3.63, 3.8) is 0 Å². The molecule has 0 bridgehead atoms. The predicted octanol–water partition coefficient (Wildman–Crippen LogP) is 22.6. The van der Waals surface area contributed by atoms with E-state index in [1.165, 1.54) is 30.6 Å². The van der Waals surface area contributed by atoms with Crippen LogP contribution in [0.1, 0.15) is 17.5 Å². The van der Waals surface area contributed by atoms with E-state index in [-0.39, 0.29) is 17.2 Å². The van der Waals surface area contributed by atoms with Gasteiger partial charge in [-0.2, -0.15) is 20.7 Å². The molecular weight excluding hydrogens is 1780 g/mol. The summed E-state index contributed by atoms with van der Waals surface area (Å²) < 4.78 is 28.9. The van der Waals surface area contributed by atoms with Crippen LogP contribution in [0.5, 0.6) is 0 Å².